The van der Waals surface area contributed by atoms with Crippen molar-refractivity contribution in [3.05, 3.63) is 41.2 Å². The number of oxime groups is 1. The molecule has 17 nitrogen and oxygen atoms in total. The van der Waals surface area contributed by atoms with Crippen LogP contribution in [0.3, 0.4) is 0 Å². The Kier molecular flexibility index (Phi) is 14.5. The fraction of sp³-hybridized carbons (Fsp3) is 0.711. The van der Waals surface area contributed by atoms with E-state index in [0.717, 1.165) is 5.71 Å². The second kappa shape index (κ2) is 19.3. The van der Waals surface area contributed by atoms with Crippen LogP contribution in [0.4, 0.5) is 4.79 Å². The Bertz CT molecular complexity index is 2010. The molecule has 7 heterocycles. The third-order valence-corrected chi connectivity index (χ3v) is 13.9. The number of fused-ring (bicyclic) bond motifs is 4. The van der Waals surface area contributed by atoms with Gasteiger partial charge in [-0.25, -0.2) is 9.78 Å². The predicted octanol–water partition coefficient (Wildman–Crippen LogP) is 5.35. The smallest absolute Gasteiger partial charge is 0.410 e. The van der Waals surface area contributed by atoms with E-state index in [1.54, 1.807) is 24.0 Å². The van der Waals surface area contributed by atoms with E-state index >= 15 is 0 Å². The second-order valence-corrected chi connectivity index (χ2v) is 19.0. The fourth-order valence-corrected chi connectivity index (χ4v) is 10.7. The Morgan fingerprint density at radius 1 is 1.03 bits per heavy atom. The molecule has 14 atom stereocenters. The zero-order chi connectivity index (χ0) is 45.4. The normalized spacial score (nSPS) is 38.5. The van der Waals surface area contributed by atoms with Gasteiger partial charge in [0.05, 0.1) is 67.0 Å². The Labute approximate surface area is 375 Å². The topological polar surface area (TPSA) is 189 Å². The summed E-state index contributed by atoms with van der Waals surface area (Å²) >= 11 is 5.95. The standard InChI is InChI=1S/C45H64ClN7O10/c1-11-34-45(8)39-26(4)36(47-17-18-53(39)43(56)63-45)24(2)20-44(7)40(62-42-37(54)33(52(9)10)19-25(3)60-42)27(5)38(28(6)41(55)61-34)57-21-30(22-58-44)51-59-23-29-13-12-14-31(48-29)32-15-16-35(46)50-49-32/h12-16,24-28,33-34,37-40,42,54H,11,17-23H2,1-10H3/t24-,25+,26+,27-,28-,33-,34+,37+,38+,39-,40+,42-,44-,45-/m1/s1. The van der Waals surface area contributed by atoms with Crippen LogP contribution < -0.4 is 0 Å². The number of hydrogen-bond donors (Lipinski definition) is 1. The number of pyridine rings is 1. The highest BCUT2D eigenvalue weighted by atomic mass is 35.5. The van der Waals surface area contributed by atoms with Gasteiger partial charge < -0.3 is 43.3 Å². The van der Waals surface area contributed by atoms with Crippen molar-refractivity contribution in [3.63, 3.8) is 0 Å². The molecule has 4 bridgehead atoms. The number of carbonyl (C=O) groups excluding carboxylic acids is 2. The quantitative estimate of drug-likeness (QED) is 0.264. The third-order valence-electron chi connectivity index (χ3n) is 13.7. The zero-order valence-corrected chi connectivity index (χ0v) is 38.9. The predicted molar refractivity (Wildman–Crippen MR) is 233 cm³/mol. The number of cyclic esters (lactones) is 1. The van der Waals surface area contributed by atoms with E-state index in [9.17, 15) is 14.7 Å². The van der Waals surface area contributed by atoms with Gasteiger partial charge in [0.1, 0.15) is 23.6 Å². The highest BCUT2D eigenvalue weighted by molar-refractivity contribution is 6.29. The molecule has 0 aliphatic carbocycles. The monoisotopic (exact) mass is 897 g/mol. The molecule has 5 aliphatic heterocycles. The van der Waals surface area contributed by atoms with Gasteiger partial charge in [0, 0.05) is 30.1 Å². The maximum atomic E-state index is 14.6. The van der Waals surface area contributed by atoms with Crippen molar-refractivity contribution in [2.75, 3.05) is 40.4 Å². The lowest BCUT2D eigenvalue weighted by atomic mass is 9.72. The van der Waals surface area contributed by atoms with E-state index in [2.05, 4.69) is 34.2 Å². The summed E-state index contributed by atoms with van der Waals surface area (Å²) in [4.78, 5) is 47.7. The molecule has 2 aromatic heterocycles. The molecular formula is C45H64ClN7O10. The number of aliphatic hydroxyl groups excluding tert-OH is 1. The first kappa shape index (κ1) is 47.1. The number of carbonyl (C=O) groups is 2. The number of esters is 1. The number of aromatic nitrogens is 3. The Balaban J connectivity index is 1.28. The highest BCUT2D eigenvalue weighted by Crippen LogP contribution is 2.45. The summed E-state index contributed by atoms with van der Waals surface area (Å²) in [6.45, 7) is 16.4. The van der Waals surface area contributed by atoms with Crippen LogP contribution in [0.15, 0.2) is 40.5 Å². The van der Waals surface area contributed by atoms with Gasteiger partial charge in [-0.2, -0.15) is 0 Å². The van der Waals surface area contributed by atoms with Crippen molar-refractivity contribution in [3.8, 4) is 11.4 Å². The lowest BCUT2D eigenvalue weighted by molar-refractivity contribution is -0.302. The van der Waals surface area contributed by atoms with Crippen LogP contribution in [0.25, 0.3) is 11.4 Å². The minimum absolute atomic E-state index is 0.0171. The van der Waals surface area contributed by atoms with Crippen LogP contribution in [-0.2, 0) is 44.7 Å². The molecule has 0 radical (unpaired) electrons. The molecule has 0 saturated carbocycles. The summed E-state index contributed by atoms with van der Waals surface area (Å²) in [5, 5.41) is 24.7. The van der Waals surface area contributed by atoms with Crippen molar-refractivity contribution >= 4 is 35.1 Å². The van der Waals surface area contributed by atoms with Gasteiger partial charge >= 0.3 is 12.1 Å². The number of nitrogens with zero attached hydrogens (tertiary/aromatic N) is 7. The molecule has 0 unspecified atom stereocenters. The van der Waals surface area contributed by atoms with Gasteiger partial charge in [-0.15, -0.1) is 10.2 Å². The molecule has 4 saturated heterocycles. The molecule has 1 N–H and O–H groups in total. The van der Waals surface area contributed by atoms with Crippen LogP contribution >= 0.6 is 11.6 Å². The lowest BCUT2D eigenvalue weighted by Gasteiger charge is -2.48. The molecule has 5 aliphatic rings. The zero-order valence-electron chi connectivity index (χ0n) is 38.1. The maximum absolute atomic E-state index is 14.6. The SMILES string of the molecule is CC[C@@H]1OC(=O)[C@H](C)[C@H]2OCC(=NOCc3cccc(-c4ccc(Cl)nn4)n3)CO[C@](C)(C[C@@H](C)C3=NCCN4C(=O)O[C@@]1(C)[C@H]4[C@H]3C)[C@@H](O[C@H]1O[C@@H](C)C[C@@H](N(C)C)[C@@H]1O)[C@@H]2C. The lowest BCUT2D eigenvalue weighted by Crippen LogP contribution is -2.60. The molecule has 2 aromatic rings. The minimum Gasteiger partial charge on any atom is -0.458 e. The number of likely N-dealkylation sites (N-methyl/N-ethyl adjacent to an activating group) is 1. The van der Waals surface area contributed by atoms with Crippen LogP contribution in [0.1, 0.15) is 80.3 Å². The van der Waals surface area contributed by atoms with E-state index in [-0.39, 0.29) is 49.0 Å². The molecule has 7 rings (SSSR count). The fourth-order valence-electron chi connectivity index (χ4n) is 10.6. The van der Waals surface area contributed by atoms with Gasteiger partial charge in [0.15, 0.2) is 23.7 Å². The Hall–Kier alpha value is -3.84. The van der Waals surface area contributed by atoms with Gasteiger partial charge in [-0.3, -0.25) is 14.7 Å². The van der Waals surface area contributed by atoms with Gasteiger partial charge in [-0.05, 0) is 91.2 Å². The first-order valence-corrected chi connectivity index (χ1v) is 22.6. The molecule has 0 aromatic carbocycles. The molecule has 4 fully saturated rings. The van der Waals surface area contributed by atoms with Crippen molar-refractivity contribution < 1.29 is 48.0 Å². The van der Waals surface area contributed by atoms with Crippen LogP contribution in [0, 0.1) is 23.7 Å². The van der Waals surface area contributed by atoms with Gasteiger partial charge in [0.25, 0.3) is 0 Å². The first-order chi connectivity index (χ1) is 29.9. The molecule has 0 spiro atoms. The average Bonchev–Trinajstić information content (AvgIpc) is 3.39. The summed E-state index contributed by atoms with van der Waals surface area (Å²) in [6.07, 6.45) is -3.64. The first-order valence-electron chi connectivity index (χ1n) is 22.2. The van der Waals surface area contributed by atoms with E-state index in [1.165, 1.54) is 0 Å². The summed E-state index contributed by atoms with van der Waals surface area (Å²) in [5.41, 5.74) is 0.802. The summed E-state index contributed by atoms with van der Waals surface area (Å²) < 4.78 is 39.9. The summed E-state index contributed by atoms with van der Waals surface area (Å²) in [5.74, 6) is -2.37. The summed E-state index contributed by atoms with van der Waals surface area (Å²) in [7, 11) is 3.86. The van der Waals surface area contributed by atoms with E-state index < -0.39 is 71.8 Å². The summed E-state index contributed by atoms with van der Waals surface area (Å²) in [6, 6.07) is 8.19. The second-order valence-electron chi connectivity index (χ2n) is 18.6. The van der Waals surface area contributed by atoms with Crippen LogP contribution in [0.5, 0.6) is 0 Å². The van der Waals surface area contributed by atoms with Gasteiger partial charge in [0.2, 0.25) is 0 Å². The molecule has 18 heteroatoms. The number of hydrogen-bond acceptors (Lipinski definition) is 16. The van der Waals surface area contributed by atoms with Crippen LogP contribution in [-0.4, -0.2) is 154 Å². The number of aliphatic imine (C=N–C) groups is 1. The van der Waals surface area contributed by atoms with E-state index in [1.807, 2.05) is 71.8 Å². The Morgan fingerprint density at radius 2 is 1.81 bits per heavy atom. The largest absolute Gasteiger partial charge is 0.458 e. The highest BCUT2D eigenvalue weighted by Gasteiger charge is 2.60. The molecule has 346 valence electrons. The maximum Gasteiger partial charge on any atom is 0.410 e. The molecular weight excluding hydrogens is 834 g/mol. The number of amides is 1. The third kappa shape index (κ3) is 9.75. The van der Waals surface area contributed by atoms with Crippen LogP contribution in [0.2, 0.25) is 5.15 Å². The van der Waals surface area contributed by atoms with Crippen molar-refractivity contribution in [2.24, 2.45) is 33.8 Å². The van der Waals surface area contributed by atoms with Crippen molar-refractivity contribution in [1.29, 1.82) is 0 Å². The van der Waals surface area contributed by atoms with Crippen molar-refractivity contribution in [2.45, 2.75) is 141 Å². The Morgan fingerprint density at radius 3 is 2.52 bits per heavy atom. The van der Waals surface area contributed by atoms with E-state index in [4.69, 9.17) is 49.9 Å². The number of aliphatic hydroxyl groups is 1. The molecule has 1 amide bonds. The van der Waals surface area contributed by atoms with Crippen molar-refractivity contribution in [1.82, 2.24) is 25.0 Å². The number of rotatable bonds is 8. The molecule has 63 heavy (non-hydrogen) atoms. The average molecular weight is 898 g/mol. The van der Waals surface area contributed by atoms with Gasteiger partial charge in [-0.1, -0.05) is 50.5 Å². The minimum atomic E-state index is -1.15. The van der Waals surface area contributed by atoms with E-state index in [0.29, 0.717) is 55.1 Å². The number of halogens is 1. The number of ether oxygens (including phenoxy) is 6.